The molecule has 3 aromatic rings. The van der Waals surface area contributed by atoms with Crippen LogP contribution in [0.2, 0.25) is 0 Å². The van der Waals surface area contributed by atoms with Crippen molar-refractivity contribution in [2.45, 2.75) is 58.6 Å². The van der Waals surface area contributed by atoms with E-state index in [2.05, 4.69) is 9.71 Å². The second-order valence-electron chi connectivity index (χ2n) is 12.4. The summed E-state index contributed by atoms with van der Waals surface area (Å²) in [5, 5.41) is 10.0. The first-order valence-electron chi connectivity index (χ1n) is 14.3. The molecule has 234 valence electrons. The van der Waals surface area contributed by atoms with Crippen molar-refractivity contribution in [1.29, 1.82) is 5.26 Å². The average molecular weight is 627 g/mol. The number of ether oxygens (including phenoxy) is 2. The monoisotopic (exact) mass is 626 g/mol. The van der Waals surface area contributed by atoms with Crippen molar-refractivity contribution >= 4 is 32.9 Å². The average Bonchev–Trinajstić information content (AvgIpc) is 3.40. The molecule has 1 saturated heterocycles. The second kappa shape index (κ2) is 11.4. The third-order valence-corrected chi connectivity index (χ3v) is 9.67. The number of fused-ring (bicyclic) bond motifs is 1. The van der Waals surface area contributed by atoms with Crippen LogP contribution in [-0.2, 0) is 14.9 Å². The number of benzene rings is 2. The second-order valence-corrected chi connectivity index (χ2v) is 14.2. The number of aromatic nitrogens is 2. The van der Waals surface area contributed by atoms with E-state index in [1.807, 2.05) is 26.8 Å². The minimum Gasteiger partial charge on any atom is -0.453 e. The van der Waals surface area contributed by atoms with E-state index in [1.54, 1.807) is 22.5 Å². The first-order valence-corrected chi connectivity index (χ1v) is 15.7. The molecule has 12 nitrogen and oxygen atoms in total. The zero-order valence-corrected chi connectivity index (χ0v) is 26.1. The van der Waals surface area contributed by atoms with Crippen LogP contribution in [0.25, 0.3) is 10.9 Å². The van der Waals surface area contributed by atoms with Gasteiger partial charge in [-0.25, -0.2) is 14.2 Å². The summed E-state index contributed by atoms with van der Waals surface area (Å²) in [5.74, 6) is -1.29. The zero-order valence-electron chi connectivity index (χ0n) is 25.3. The fraction of sp³-hybridized carbons (Fsp3) is 0.467. The van der Waals surface area contributed by atoms with E-state index >= 15 is 0 Å². The molecule has 0 radical (unpaired) electrons. The zero-order chi connectivity index (χ0) is 32.0. The number of anilines is 1. The van der Waals surface area contributed by atoms with Crippen molar-refractivity contribution in [2.24, 2.45) is 5.41 Å². The summed E-state index contributed by atoms with van der Waals surface area (Å²) in [5.41, 5.74) is -1.04. The van der Waals surface area contributed by atoms with Gasteiger partial charge < -0.3 is 14.4 Å². The molecule has 44 heavy (non-hydrogen) atoms. The Labute approximate surface area is 255 Å². The molecule has 0 unspecified atom stereocenters. The normalized spacial score (nSPS) is 20.0. The SMILES string of the molecule is CCN(C)S(=O)(=O)Nc1ccc(F)c(Oc2ccc3ncn(C4CC5(CCN(C(=O)OC(C)(C)C)C5)C4)c(=O)c3c2)c1C#N. The molecular formula is C30H35FN6O6S. The van der Waals surface area contributed by atoms with Crippen molar-refractivity contribution in [1.82, 2.24) is 18.8 Å². The fourth-order valence-electron chi connectivity index (χ4n) is 5.68. The van der Waals surface area contributed by atoms with Gasteiger partial charge in [0.1, 0.15) is 23.0 Å². The molecule has 2 heterocycles. The van der Waals surface area contributed by atoms with Gasteiger partial charge in [-0.2, -0.15) is 18.0 Å². The number of hydrogen-bond donors (Lipinski definition) is 1. The van der Waals surface area contributed by atoms with Gasteiger partial charge in [0.25, 0.3) is 5.56 Å². The molecule has 14 heteroatoms. The molecule has 5 rings (SSSR count). The maximum absolute atomic E-state index is 14.9. The van der Waals surface area contributed by atoms with Crippen molar-refractivity contribution in [3.05, 3.63) is 58.4 Å². The topological polar surface area (TPSA) is 147 Å². The Hall–Kier alpha value is -4.22. The number of amides is 1. The Bertz CT molecular complexity index is 1820. The Morgan fingerprint density at radius 3 is 2.66 bits per heavy atom. The van der Waals surface area contributed by atoms with Gasteiger partial charge in [0.15, 0.2) is 11.6 Å². The number of carbonyl (C=O) groups excluding carboxylic acids is 1. The lowest BCUT2D eigenvalue weighted by Gasteiger charge is -2.45. The van der Waals surface area contributed by atoms with Crippen LogP contribution >= 0.6 is 0 Å². The smallest absolute Gasteiger partial charge is 0.410 e. The first-order chi connectivity index (χ1) is 20.6. The van der Waals surface area contributed by atoms with E-state index in [4.69, 9.17) is 9.47 Å². The Kier molecular flexibility index (Phi) is 8.06. The van der Waals surface area contributed by atoms with Gasteiger partial charge in [-0.3, -0.25) is 14.1 Å². The first kappa shape index (κ1) is 31.2. The summed E-state index contributed by atoms with van der Waals surface area (Å²) in [6.07, 6.45) is 3.43. The van der Waals surface area contributed by atoms with Crippen LogP contribution < -0.4 is 15.0 Å². The van der Waals surface area contributed by atoms with Gasteiger partial charge in [-0.1, -0.05) is 6.92 Å². The number of halogens is 1. The van der Waals surface area contributed by atoms with Gasteiger partial charge in [-0.15, -0.1) is 0 Å². The minimum atomic E-state index is -3.99. The van der Waals surface area contributed by atoms with Crippen molar-refractivity contribution < 1.29 is 27.1 Å². The van der Waals surface area contributed by atoms with Gasteiger partial charge in [0.05, 0.1) is 22.9 Å². The Morgan fingerprint density at radius 1 is 1.27 bits per heavy atom. The highest BCUT2D eigenvalue weighted by molar-refractivity contribution is 7.90. The fourth-order valence-corrected chi connectivity index (χ4v) is 6.63. The van der Waals surface area contributed by atoms with Crippen LogP contribution in [0.5, 0.6) is 11.5 Å². The molecule has 0 atom stereocenters. The molecule has 1 saturated carbocycles. The molecule has 1 aliphatic carbocycles. The van der Waals surface area contributed by atoms with Crippen LogP contribution in [0.4, 0.5) is 14.9 Å². The van der Waals surface area contributed by atoms with Crippen LogP contribution in [0.1, 0.15) is 58.6 Å². The maximum Gasteiger partial charge on any atom is 0.410 e. The molecule has 1 amide bonds. The number of nitriles is 1. The largest absolute Gasteiger partial charge is 0.453 e. The van der Waals surface area contributed by atoms with E-state index in [0.717, 1.165) is 22.9 Å². The van der Waals surface area contributed by atoms with E-state index in [0.29, 0.717) is 31.4 Å². The Balaban J connectivity index is 1.36. The maximum atomic E-state index is 14.9. The molecular weight excluding hydrogens is 591 g/mol. The highest BCUT2D eigenvalue weighted by Gasteiger charge is 2.51. The molecule has 1 N–H and O–H groups in total. The van der Waals surface area contributed by atoms with Gasteiger partial charge in [0, 0.05) is 32.7 Å². The summed E-state index contributed by atoms with van der Waals surface area (Å²) >= 11 is 0. The highest BCUT2D eigenvalue weighted by atomic mass is 32.2. The standard InChI is InChI=1S/C30H35FN6O6S/c1-6-35(5)44(40,41)34-25-10-8-23(31)26(22(25)16-32)42-20-7-9-24-21(13-20)27(38)37(18-33-24)19-14-30(15-19)11-12-36(17-30)28(39)43-29(2,3)4/h7-10,13,18-19,34H,6,11-12,14-15,17H2,1-5H3. The molecule has 0 bridgehead atoms. The van der Waals surface area contributed by atoms with Crippen molar-refractivity contribution in [3.8, 4) is 17.6 Å². The van der Waals surface area contributed by atoms with Crippen LogP contribution in [0.3, 0.4) is 0 Å². The molecule has 1 spiro atoms. The summed E-state index contributed by atoms with van der Waals surface area (Å²) in [6, 6.07) is 8.33. The summed E-state index contributed by atoms with van der Waals surface area (Å²) in [4.78, 5) is 32.3. The molecule has 1 aromatic heterocycles. The lowest BCUT2D eigenvalue weighted by Crippen LogP contribution is -2.45. The van der Waals surface area contributed by atoms with Crippen LogP contribution in [0.15, 0.2) is 41.5 Å². The van der Waals surface area contributed by atoms with Gasteiger partial charge >= 0.3 is 16.3 Å². The summed E-state index contributed by atoms with van der Waals surface area (Å²) in [7, 11) is -2.63. The predicted octanol–water partition coefficient (Wildman–Crippen LogP) is 4.77. The molecule has 2 aliphatic rings. The summed E-state index contributed by atoms with van der Waals surface area (Å²) < 4.78 is 56.1. The molecule has 2 fully saturated rings. The number of carbonyl (C=O) groups is 1. The van der Waals surface area contributed by atoms with Crippen LogP contribution in [-0.4, -0.2) is 65.6 Å². The van der Waals surface area contributed by atoms with Gasteiger partial charge in [0.2, 0.25) is 0 Å². The van der Waals surface area contributed by atoms with E-state index in [-0.39, 0.29) is 52.0 Å². The lowest BCUT2D eigenvalue weighted by atomic mass is 9.65. The molecule has 1 aliphatic heterocycles. The van der Waals surface area contributed by atoms with Crippen molar-refractivity contribution in [3.63, 3.8) is 0 Å². The number of likely N-dealkylation sites (tertiary alicyclic amines) is 1. The minimum absolute atomic E-state index is 0.0732. The predicted molar refractivity (Wildman–Crippen MR) is 161 cm³/mol. The quantitative estimate of drug-likeness (QED) is 0.395. The van der Waals surface area contributed by atoms with Gasteiger partial charge in [-0.05, 0) is 75.8 Å². The van der Waals surface area contributed by atoms with Crippen molar-refractivity contribution in [2.75, 3.05) is 31.4 Å². The lowest BCUT2D eigenvalue weighted by molar-refractivity contribution is 0.0192. The molecule has 2 aromatic carbocycles. The third kappa shape index (κ3) is 6.07. The van der Waals surface area contributed by atoms with E-state index < -0.39 is 27.4 Å². The van der Waals surface area contributed by atoms with E-state index in [9.17, 15) is 27.7 Å². The third-order valence-electron chi connectivity index (χ3n) is 8.11. The summed E-state index contributed by atoms with van der Waals surface area (Å²) in [6.45, 7) is 8.49. The number of rotatable bonds is 7. The van der Waals surface area contributed by atoms with E-state index in [1.165, 1.54) is 25.5 Å². The number of nitrogens with zero attached hydrogens (tertiary/aromatic N) is 5. The number of hydrogen-bond acceptors (Lipinski definition) is 8. The van der Waals surface area contributed by atoms with Crippen LogP contribution in [0, 0.1) is 22.6 Å². The Morgan fingerprint density at radius 2 is 2.00 bits per heavy atom. The number of nitrogens with one attached hydrogen (secondary N) is 1. The highest BCUT2D eigenvalue weighted by Crippen LogP contribution is 2.53.